The Bertz CT molecular complexity index is 1520. The molecule has 2 aromatic rings. The molecule has 45 heavy (non-hydrogen) atoms. The van der Waals surface area contributed by atoms with Crippen molar-refractivity contribution in [2.45, 2.75) is 64.2 Å². The van der Waals surface area contributed by atoms with Crippen molar-refractivity contribution in [1.29, 1.82) is 0 Å². The number of nitrogens with zero attached hydrogens (tertiary/aromatic N) is 3. The zero-order valence-electron chi connectivity index (χ0n) is 26.6. The highest BCUT2D eigenvalue weighted by atomic mass is 16.5. The van der Waals surface area contributed by atoms with Gasteiger partial charge in [0.1, 0.15) is 17.4 Å². The zero-order chi connectivity index (χ0) is 31.9. The lowest BCUT2D eigenvalue weighted by atomic mass is 9.73. The van der Waals surface area contributed by atoms with E-state index in [-0.39, 0.29) is 30.9 Å². The molecule has 3 amide bonds. The Kier molecular flexibility index (Phi) is 8.35. The molecule has 238 valence electrons. The van der Waals surface area contributed by atoms with Gasteiger partial charge >= 0.3 is 0 Å². The summed E-state index contributed by atoms with van der Waals surface area (Å²) in [6.45, 7) is 9.32. The van der Waals surface area contributed by atoms with Gasteiger partial charge in [0.05, 0.1) is 24.0 Å². The Morgan fingerprint density at radius 2 is 1.56 bits per heavy atom. The number of aryl methyl sites for hydroxylation is 2. The first-order chi connectivity index (χ1) is 21.7. The van der Waals surface area contributed by atoms with Gasteiger partial charge in [0.2, 0.25) is 11.8 Å². The SMILES string of the molecule is CCOc1ccc(N2CC=C[C@]3(CC)O[C@]45C=CCN(c6c(C)cccc6C)C(=O)C4N(CCCCO)C(=O)[C@@H]5[C@@H]3C2=O)cc1. The number of amides is 3. The predicted octanol–water partition coefficient (Wildman–Crippen LogP) is 4.34. The molecule has 0 aliphatic carbocycles. The van der Waals surface area contributed by atoms with E-state index in [4.69, 9.17) is 9.47 Å². The Morgan fingerprint density at radius 3 is 2.22 bits per heavy atom. The maximum absolute atomic E-state index is 14.8. The molecular formula is C36H43N3O6. The molecule has 9 heteroatoms. The Balaban J connectivity index is 1.46. The van der Waals surface area contributed by atoms with Gasteiger partial charge in [-0.15, -0.1) is 0 Å². The number of aliphatic hydroxyl groups is 1. The van der Waals surface area contributed by atoms with Gasteiger partial charge in [0.25, 0.3) is 5.91 Å². The third kappa shape index (κ3) is 4.88. The number of hydrogen-bond acceptors (Lipinski definition) is 6. The summed E-state index contributed by atoms with van der Waals surface area (Å²) < 4.78 is 12.7. The first kappa shape index (κ1) is 31.0. The molecule has 0 aromatic heterocycles. The Hall–Kier alpha value is -3.95. The van der Waals surface area contributed by atoms with E-state index in [1.807, 2.05) is 94.5 Å². The largest absolute Gasteiger partial charge is 0.494 e. The molecule has 4 aliphatic heterocycles. The first-order valence-corrected chi connectivity index (χ1v) is 16.1. The van der Waals surface area contributed by atoms with E-state index in [9.17, 15) is 19.5 Å². The summed E-state index contributed by atoms with van der Waals surface area (Å²) in [5.74, 6) is -1.69. The number of likely N-dealkylation sites (tertiary alicyclic amines) is 1. The van der Waals surface area contributed by atoms with Crippen molar-refractivity contribution in [3.05, 3.63) is 77.9 Å². The van der Waals surface area contributed by atoms with Crippen LogP contribution in [0.1, 0.15) is 44.2 Å². The van der Waals surface area contributed by atoms with Crippen molar-refractivity contribution >= 4 is 29.1 Å². The van der Waals surface area contributed by atoms with Crippen LogP contribution in [-0.2, 0) is 19.1 Å². The fourth-order valence-electron chi connectivity index (χ4n) is 7.95. The van der Waals surface area contributed by atoms with Crippen molar-refractivity contribution in [2.75, 3.05) is 42.6 Å². The number of ether oxygens (including phenoxy) is 2. The third-order valence-corrected chi connectivity index (χ3v) is 9.92. The fourth-order valence-corrected chi connectivity index (χ4v) is 7.95. The summed E-state index contributed by atoms with van der Waals surface area (Å²) in [5, 5.41) is 9.54. The standard InChI is InChI=1S/C36H43N3O6/c1-5-35-18-10-21-37(26-14-16-27(17-15-26)44-6-2)32(41)28(35)29-33(42)39(20-7-8-23-40)31-34(43)38(22-11-19-36(29,31)45-35)30-24(3)12-9-13-25(30)4/h9-19,28-29,31,40H,5-8,20-23H2,1-4H3/t28-,29+,31?,35+,36+/m1/s1. The van der Waals surface area contributed by atoms with E-state index in [1.165, 1.54) is 0 Å². The summed E-state index contributed by atoms with van der Waals surface area (Å²) in [7, 11) is 0. The number of unbranched alkanes of at least 4 members (excludes halogenated alkanes) is 1. The van der Waals surface area contributed by atoms with Crippen LogP contribution in [-0.4, -0.2) is 77.8 Å². The lowest BCUT2D eigenvalue weighted by Crippen LogP contribution is -2.56. The molecule has 4 aliphatic rings. The molecule has 2 aromatic carbocycles. The van der Waals surface area contributed by atoms with Crippen LogP contribution in [0.3, 0.4) is 0 Å². The summed E-state index contributed by atoms with van der Waals surface area (Å²) in [6.07, 6.45) is 9.19. The number of fused-ring (bicyclic) bond motifs is 2. The average Bonchev–Trinajstić information content (AvgIpc) is 3.31. The maximum Gasteiger partial charge on any atom is 0.253 e. The minimum Gasteiger partial charge on any atom is -0.494 e. The highest BCUT2D eigenvalue weighted by Crippen LogP contribution is 2.59. The van der Waals surface area contributed by atoms with Crippen LogP contribution in [0.5, 0.6) is 5.75 Å². The summed E-state index contributed by atoms with van der Waals surface area (Å²) in [6, 6.07) is 12.4. The van der Waals surface area contributed by atoms with Gasteiger partial charge in [-0.1, -0.05) is 49.4 Å². The topological polar surface area (TPSA) is 99.6 Å². The molecular weight excluding hydrogens is 570 g/mol. The molecule has 0 saturated carbocycles. The highest BCUT2D eigenvalue weighted by molar-refractivity contribution is 6.08. The van der Waals surface area contributed by atoms with E-state index >= 15 is 0 Å². The number of benzene rings is 2. The average molecular weight is 614 g/mol. The van der Waals surface area contributed by atoms with Gasteiger partial charge < -0.3 is 29.3 Å². The number of para-hydroxylation sites is 1. The van der Waals surface area contributed by atoms with E-state index in [2.05, 4.69) is 0 Å². The predicted molar refractivity (Wildman–Crippen MR) is 172 cm³/mol. The molecule has 2 fully saturated rings. The number of rotatable bonds is 9. The molecule has 0 bridgehead atoms. The molecule has 2 saturated heterocycles. The molecule has 1 unspecified atom stereocenters. The Labute approximate surface area is 265 Å². The van der Waals surface area contributed by atoms with Crippen LogP contribution in [0.25, 0.3) is 0 Å². The first-order valence-electron chi connectivity index (χ1n) is 16.1. The number of aliphatic hydroxyl groups excluding tert-OH is 1. The van der Waals surface area contributed by atoms with Gasteiger partial charge in [-0.25, -0.2) is 0 Å². The number of carbonyl (C=O) groups is 3. The molecule has 1 N–H and O–H groups in total. The van der Waals surface area contributed by atoms with Crippen molar-refractivity contribution in [1.82, 2.24) is 4.90 Å². The minimum atomic E-state index is -1.33. The van der Waals surface area contributed by atoms with Gasteiger partial charge in [-0.05, 0) is 75.4 Å². The lowest BCUT2D eigenvalue weighted by Gasteiger charge is -2.38. The van der Waals surface area contributed by atoms with E-state index in [1.54, 1.807) is 14.7 Å². The lowest BCUT2D eigenvalue weighted by molar-refractivity contribution is -0.145. The third-order valence-electron chi connectivity index (χ3n) is 9.92. The van der Waals surface area contributed by atoms with Crippen molar-refractivity contribution < 1.29 is 29.0 Å². The maximum atomic E-state index is 14.8. The molecule has 0 radical (unpaired) electrons. The number of anilines is 2. The van der Waals surface area contributed by atoms with Crippen molar-refractivity contribution in [3.8, 4) is 5.75 Å². The summed E-state index contributed by atoms with van der Waals surface area (Å²) in [5.41, 5.74) is 1.06. The van der Waals surface area contributed by atoms with Crippen LogP contribution in [0.2, 0.25) is 0 Å². The molecule has 1 spiro atoms. The van der Waals surface area contributed by atoms with Crippen molar-refractivity contribution in [3.63, 3.8) is 0 Å². The minimum absolute atomic E-state index is 0.0119. The van der Waals surface area contributed by atoms with Crippen LogP contribution in [0, 0.1) is 25.7 Å². The fraction of sp³-hybridized carbons (Fsp3) is 0.472. The second-order valence-electron chi connectivity index (χ2n) is 12.5. The Morgan fingerprint density at radius 1 is 0.867 bits per heavy atom. The normalized spacial score (nSPS) is 29.0. The van der Waals surface area contributed by atoms with E-state index in [0.29, 0.717) is 50.4 Å². The van der Waals surface area contributed by atoms with Gasteiger partial charge in [0.15, 0.2) is 0 Å². The number of hydrogen-bond donors (Lipinski definition) is 1. The number of carbonyl (C=O) groups excluding carboxylic acids is 3. The zero-order valence-corrected chi connectivity index (χ0v) is 26.6. The highest BCUT2D eigenvalue weighted by Gasteiger charge is 2.75. The second-order valence-corrected chi connectivity index (χ2v) is 12.5. The van der Waals surface area contributed by atoms with Crippen LogP contribution < -0.4 is 14.5 Å². The van der Waals surface area contributed by atoms with Crippen LogP contribution in [0.15, 0.2) is 66.8 Å². The van der Waals surface area contributed by atoms with Crippen LogP contribution in [0.4, 0.5) is 11.4 Å². The molecule has 9 nitrogen and oxygen atoms in total. The summed E-state index contributed by atoms with van der Waals surface area (Å²) >= 11 is 0. The van der Waals surface area contributed by atoms with Crippen molar-refractivity contribution in [2.24, 2.45) is 11.8 Å². The molecule has 6 rings (SSSR count). The van der Waals surface area contributed by atoms with Gasteiger partial charge in [-0.2, -0.15) is 0 Å². The smallest absolute Gasteiger partial charge is 0.253 e. The van der Waals surface area contributed by atoms with E-state index in [0.717, 1.165) is 16.8 Å². The second kappa shape index (κ2) is 12.1. The molecule has 5 atom stereocenters. The van der Waals surface area contributed by atoms with Crippen LogP contribution >= 0.6 is 0 Å². The van der Waals surface area contributed by atoms with E-state index < -0.39 is 29.1 Å². The van der Waals surface area contributed by atoms with Gasteiger partial charge in [0, 0.05) is 37.6 Å². The summed E-state index contributed by atoms with van der Waals surface area (Å²) in [4.78, 5) is 49.3. The quantitative estimate of drug-likeness (QED) is 0.334. The molecule has 4 heterocycles. The monoisotopic (exact) mass is 613 g/mol. The van der Waals surface area contributed by atoms with Gasteiger partial charge in [-0.3, -0.25) is 14.4 Å².